The molecule has 7 heteroatoms. The number of pyridine rings is 1. The Morgan fingerprint density at radius 1 is 1.33 bits per heavy atom. The summed E-state index contributed by atoms with van der Waals surface area (Å²) in [4.78, 5) is 13.2. The van der Waals surface area contributed by atoms with E-state index < -0.39 is 0 Å². The van der Waals surface area contributed by atoms with E-state index in [9.17, 15) is 0 Å². The van der Waals surface area contributed by atoms with Gasteiger partial charge in [-0.2, -0.15) is 0 Å². The van der Waals surface area contributed by atoms with Gasteiger partial charge in [0.25, 0.3) is 0 Å². The van der Waals surface area contributed by atoms with Crippen molar-refractivity contribution in [1.82, 2.24) is 15.2 Å². The molecule has 6 nitrogen and oxygen atoms in total. The number of piperazine rings is 1. The molecule has 0 spiro atoms. The van der Waals surface area contributed by atoms with Crippen molar-refractivity contribution in [3.05, 3.63) is 23.5 Å². The molecule has 114 valence electrons. The number of nitrogens with zero attached hydrogens (tertiary/aromatic N) is 4. The maximum absolute atomic E-state index is 6.21. The largest absolute Gasteiger partial charge is 0.382 e. The summed E-state index contributed by atoms with van der Waals surface area (Å²) in [6.45, 7) is 5.21. The van der Waals surface area contributed by atoms with Gasteiger partial charge in [-0.25, -0.2) is 0 Å². The van der Waals surface area contributed by atoms with Crippen molar-refractivity contribution >= 4 is 23.2 Å². The predicted octanol–water partition coefficient (Wildman–Crippen LogP) is 0.831. The smallest absolute Gasteiger partial charge is 0.194 e. The molecule has 3 rings (SSSR count). The molecule has 3 heterocycles. The van der Waals surface area contributed by atoms with Gasteiger partial charge in [-0.15, -0.1) is 0 Å². The average molecular weight is 310 g/mol. The maximum Gasteiger partial charge on any atom is 0.194 e. The van der Waals surface area contributed by atoms with Crippen molar-refractivity contribution in [2.45, 2.75) is 6.04 Å². The Bertz CT molecular complexity index is 516. The zero-order chi connectivity index (χ0) is 14.7. The van der Waals surface area contributed by atoms with Crippen molar-refractivity contribution in [3.8, 4) is 0 Å². The molecule has 1 saturated heterocycles. The van der Waals surface area contributed by atoms with Crippen LogP contribution in [0.5, 0.6) is 0 Å². The molecule has 1 N–H and O–H groups in total. The molecule has 1 unspecified atom stereocenters. The Balaban J connectivity index is 1.55. The molecule has 1 atom stereocenters. The predicted molar refractivity (Wildman–Crippen MR) is 84.1 cm³/mol. The molecule has 1 aromatic heterocycles. The lowest BCUT2D eigenvalue weighted by molar-refractivity contribution is 0.178. The first kappa shape index (κ1) is 14.4. The fraction of sp³-hybridized carbons (Fsp3) is 0.571. The van der Waals surface area contributed by atoms with Gasteiger partial charge in [0.05, 0.1) is 29.9 Å². The number of methoxy groups -OCH3 is 1. The summed E-state index contributed by atoms with van der Waals surface area (Å²) < 4.78 is 5.17. The Labute approximate surface area is 129 Å². The van der Waals surface area contributed by atoms with Gasteiger partial charge in [-0.1, -0.05) is 11.6 Å². The van der Waals surface area contributed by atoms with Crippen LogP contribution in [0.25, 0.3) is 0 Å². The van der Waals surface area contributed by atoms with Crippen molar-refractivity contribution < 1.29 is 4.74 Å². The van der Waals surface area contributed by atoms with Crippen LogP contribution in [0.15, 0.2) is 23.5 Å². The number of anilines is 1. The summed E-state index contributed by atoms with van der Waals surface area (Å²) in [5, 5.41) is 4.13. The molecular weight excluding hydrogens is 290 g/mol. The Hall–Kier alpha value is -1.53. The minimum Gasteiger partial charge on any atom is -0.382 e. The molecule has 2 aliphatic heterocycles. The van der Waals surface area contributed by atoms with Crippen LogP contribution in [-0.2, 0) is 4.74 Å². The van der Waals surface area contributed by atoms with Crippen LogP contribution in [0.2, 0.25) is 5.02 Å². The van der Waals surface area contributed by atoms with Gasteiger partial charge in [0.15, 0.2) is 5.96 Å². The van der Waals surface area contributed by atoms with E-state index in [1.165, 1.54) is 0 Å². The third-order valence-electron chi connectivity index (χ3n) is 3.83. The first-order valence-corrected chi connectivity index (χ1v) is 7.55. The highest BCUT2D eigenvalue weighted by Crippen LogP contribution is 2.25. The number of hydrogen-bond acceptors (Lipinski definition) is 6. The van der Waals surface area contributed by atoms with Crippen LogP contribution in [-0.4, -0.2) is 68.3 Å². The Morgan fingerprint density at radius 3 is 2.81 bits per heavy atom. The Morgan fingerprint density at radius 2 is 2.10 bits per heavy atom. The van der Waals surface area contributed by atoms with E-state index in [0.717, 1.165) is 44.4 Å². The highest BCUT2D eigenvalue weighted by molar-refractivity contribution is 6.33. The van der Waals surface area contributed by atoms with E-state index in [4.69, 9.17) is 16.3 Å². The van der Waals surface area contributed by atoms with Crippen LogP contribution in [0, 0.1) is 0 Å². The van der Waals surface area contributed by atoms with Crippen LogP contribution in [0.4, 0.5) is 5.69 Å². The molecule has 0 saturated carbocycles. The topological polar surface area (TPSA) is 53.0 Å². The molecule has 0 amide bonds. The van der Waals surface area contributed by atoms with Crippen LogP contribution in [0.3, 0.4) is 0 Å². The monoisotopic (exact) mass is 309 g/mol. The van der Waals surface area contributed by atoms with Gasteiger partial charge in [-0.3, -0.25) is 9.98 Å². The van der Waals surface area contributed by atoms with Gasteiger partial charge in [0.2, 0.25) is 0 Å². The molecule has 0 aliphatic carbocycles. The second-order valence-corrected chi connectivity index (χ2v) is 5.67. The third kappa shape index (κ3) is 3.22. The summed E-state index contributed by atoms with van der Waals surface area (Å²) in [7, 11) is 1.72. The number of rotatable bonds is 3. The summed E-state index contributed by atoms with van der Waals surface area (Å²) in [6, 6.07) is 2.27. The standard InChI is InChI=1S/C14H20ClN5O/c1-21-10-11-8-17-14(18-11)20-6-4-19(5-7-20)13-2-3-16-9-12(13)15/h2-3,9,11H,4-8,10H2,1H3,(H,17,18). The summed E-state index contributed by atoms with van der Waals surface area (Å²) in [6.07, 6.45) is 3.48. The lowest BCUT2D eigenvalue weighted by Crippen LogP contribution is -2.53. The van der Waals surface area contributed by atoms with E-state index in [-0.39, 0.29) is 0 Å². The molecule has 2 aliphatic rings. The van der Waals surface area contributed by atoms with E-state index in [2.05, 4.69) is 25.1 Å². The number of aliphatic imine (C=N–C) groups is 1. The highest BCUT2D eigenvalue weighted by atomic mass is 35.5. The molecule has 1 aromatic rings. The third-order valence-corrected chi connectivity index (χ3v) is 4.12. The van der Waals surface area contributed by atoms with Crippen molar-refractivity contribution in [2.24, 2.45) is 4.99 Å². The lowest BCUT2D eigenvalue weighted by atomic mass is 10.2. The molecule has 0 radical (unpaired) electrons. The number of hydrogen-bond donors (Lipinski definition) is 1. The molecule has 21 heavy (non-hydrogen) atoms. The van der Waals surface area contributed by atoms with Gasteiger partial charge in [0, 0.05) is 45.7 Å². The van der Waals surface area contributed by atoms with Crippen molar-refractivity contribution in [1.29, 1.82) is 0 Å². The number of halogens is 1. The number of nitrogens with one attached hydrogen (secondary N) is 1. The Kier molecular flexibility index (Phi) is 4.45. The van der Waals surface area contributed by atoms with Gasteiger partial charge >= 0.3 is 0 Å². The van der Waals surface area contributed by atoms with Crippen LogP contribution in [0.1, 0.15) is 0 Å². The zero-order valence-corrected chi connectivity index (χ0v) is 12.9. The van der Waals surface area contributed by atoms with E-state index in [0.29, 0.717) is 17.7 Å². The fourth-order valence-corrected chi connectivity index (χ4v) is 2.98. The molecule has 0 bridgehead atoms. The second kappa shape index (κ2) is 6.49. The SMILES string of the molecule is COCC1CN=C(N2CCN(c3ccncc3Cl)CC2)N1. The van der Waals surface area contributed by atoms with E-state index in [1.54, 1.807) is 19.5 Å². The molecular formula is C14H20ClN5O. The minimum absolute atomic E-state index is 0.303. The van der Waals surface area contributed by atoms with E-state index >= 15 is 0 Å². The first-order chi connectivity index (χ1) is 10.3. The summed E-state index contributed by atoms with van der Waals surface area (Å²) in [5.74, 6) is 0.998. The number of aromatic nitrogens is 1. The number of ether oxygens (including phenoxy) is 1. The van der Waals surface area contributed by atoms with Gasteiger partial charge in [0.1, 0.15) is 0 Å². The van der Waals surface area contributed by atoms with Crippen LogP contribution >= 0.6 is 11.6 Å². The van der Waals surface area contributed by atoms with E-state index in [1.807, 2.05) is 6.07 Å². The number of guanidine groups is 1. The maximum atomic E-state index is 6.21. The first-order valence-electron chi connectivity index (χ1n) is 7.17. The second-order valence-electron chi connectivity index (χ2n) is 5.26. The van der Waals surface area contributed by atoms with Crippen LogP contribution < -0.4 is 10.2 Å². The highest BCUT2D eigenvalue weighted by Gasteiger charge is 2.25. The van der Waals surface area contributed by atoms with Gasteiger partial charge in [-0.05, 0) is 6.07 Å². The quantitative estimate of drug-likeness (QED) is 0.896. The average Bonchev–Trinajstić information content (AvgIpc) is 2.97. The summed E-state index contributed by atoms with van der Waals surface area (Å²) in [5.41, 5.74) is 1.06. The summed E-state index contributed by atoms with van der Waals surface area (Å²) >= 11 is 6.21. The van der Waals surface area contributed by atoms with Crippen molar-refractivity contribution in [3.63, 3.8) is 0 Å². The zero-order valence-electron chi connectivity index (χ0n) is 12.1. The normalized spacial score (nSPS) is 22.2. The lowest BCUT2D eigenvalue weighted by Gasteiger charge is -2.37. The van der Waals surface area contributed by atoms with Gasteiger partial charge < -0.3 is 19.9 Å². The minimum atomic E-state index is 0.303. The molecule has 0 aromatic carbocycles. The molecule has 1 fully saturated rings. The fourth-order valence-electron chi connectivity index (χ4n) is 2.74. The van der Waals surface area contributed by atoms with Crippen molar-refractivity contribution in [2.75, 3.05) is 51.3 Å².